The topological polar surface area (TPSA) is 74.5 Å². The van der Waals surface area contributed by atoms with E-state index in [4.69, 9.17) is 23.2 Å². The van der Waals surface area contributed by atoms with Crippen molar-refractivity contribution in [1.29, 1.82) is 0 Å². The van der Waals surface area contributed by atoms with Crippen molar-refractivity contribution in [2.75, 3.05) is 13.1 Å². The van der Waals surface area contributed by atoms with E-state index in [9.17, 15) is 5.11 Å². The summed E-state index contributed by atoms with van der Waals surface area (Å²) in [6.07, 6.45) is -0.768. The van der Waals surface area contributed by atoms with Gasteiger partial charge in [0.1, 0.15) is 12.4 Å². The molecule has 0 amide bonds. The maximum atomic E-state index is 10.4. The Hall–Kier alpha value is -2.28. The third kappa shape index (κ3) is 4.95. The summed E-state index contributed by atoms with van der Waals surface area (Å²) in [5, 5.41) is 17.7. The summed E-state index contributed by atoms with van der Waals surface area (Å²) in [4.78, 5) is 9.22. The number of benzene rings is 2. The van der Waals surface area contributed by atoms with Crippen LogP contribution in [0.15, 0.2) is 47.5 Å². The number of aromatic nitrogens is 2. The Balaban J connectivity index is 1.69. The van der Waals surface area contributed by atoms with Gasteiger partial charge < -0.3 is 20.3 Å². The van der Waals surface area contributed by atoms with Gasteiger partial charge in [-0.15, -0.1) is 0 Å². The van der Waals surface area contributed by atoms with Crippen LogP contribution in [0.2, 0.25) is 10.0 Å². The van der Waals surface area contributed by atoms with E-state index >= 15 is 0 Å². The lowest BCUT2D eigenvalue weighted by Crippen LogP contribution is -2.39. The fourth-order valence-electron chi connectivity index (χ4n) is 2.91. The second kappa shape index (κ2) is 9.28. The molecule has 0 spiro atoms. The Kier molecular flexibility index (Phi) is 6.78. The number of fused-ring (bicyclic) bond motifs is 1. The first kappa shape index (κ1) is 20.5. The van der Waals surface area contributed by atoms with Gasteiger partial charge in [-0.1, -0.05) is 35.3 Å². The third-order valence-electron chi connectivity index (χ3n) is 4.34. The first-order chi connectivity index (χ1) is 13.5. The highest BCUT2D eigenvalue weighted by molar-refractivity contribution is 6.34. The first-order valence-electron chi connectivity index (χ1n) is 9.04. The summed E-state index contributed by atoms with van der Waals surface area (Å²) in [7, 11) is 1.98. The molecule has 1 heterocycles. The van der Waals surface area contributed by atoms with Crippen LogP contribution in [0, 0.1) is 0 Å². The number of aryl methyl sites for hydroxylation is 1. The SMILES string of the molecule is CCNC(=NCc1nc2ccccc2n1C)NCC(O)c1cc(Cl)cc(Cl)c1. The number of hydrogen-bond acceptors (Lipinski definition) is 3. The Morgan fingerprint density at radius 2 is 1.89 bits per heavy atom. The van der Waals surface area contributed by atoms with E-state index in [1.807, 2.05) is 42.8 Å². The van der Waals surface area contributed by atoms with Crippen LogP contribution in [-0.4, -0.2) is 33.7 Å². The summed E-state index contributed by atoms with van der Waals surface area (Å²) < 4.78 is 2.03. The number of aliphatic hydroxyl groups is 1. The number of imidazole rings is 1. The molecular weight excluding hydrogens is 397 g/mol. The van der Waals surface area contributed by atoms with Crippen LogP contribution in [0.25, 0.3) is 11.0 Å². The maximum absolute atomic E-state index is 10.4. The van der Waals surface area contributed by atoms with E-state index in [0.717, 1.165) is 16.9 Å². The Morgan fingerprint density at radius 3 is 2.57 bits per heavy atom. The number of nitrogens with one attached hydrogen (secondary N) is 2. The average molecular weight is 420 g/mol. The highest BCUT2D eigenvalue weighted by atomic mass is 35.5. The molecule has 3 aromatic rings. The molecule has 0 bridgehead atoms. The number of aliphatic imine (C=N–C) groups is 1. The molecule has 148 valence electrons. The lowest BCUT2D eigenvalue weighted by molar-refractivity contribution is 0.181. The predicted octanol–water partition coefficient (Wildman–Crippen LogP) is 3.67. The Labute approximate surface area is 174 Å². The highest BCUT2D eigenvalue weighted by Gasteiger charge is 2.11. The number of guanidine groups is 1. The second-order valence-corrected chi connectivity index (χ2v) is 7.24. The number of hydrogen-bond donors (Lipinski definition) is 3. The van der Waals surface area contributed by atoms with Gasteiger partial charge in [-0.05, 0) is 42.8 Å². The third-order valence-corrected chi connectivity index (χ3v) is 4.77. The Bertz CT molecular complexity index is 966. The molecule has 3 N–H and O–H groups in total. The van der Waals surface area contributed by atoms with E-state index in [1.54, 1.807) is 18.2 Å². The largest absolute Gasteiger partial charge is 0.387 e. The van der Waals surface area contributed by atoms with Crippen LogP contribution in [0.5, 0.6) is 0 Å². The molecule has 8 heteroatoms. The molecule has 1 atom stereocenters. The molecule has 1 unspecified atom stereocenters. The van der Waals surface area contributed by atoms with Gasteiger partial charge in [-0.2, -0.15) is 0 Å². The monoisotopic (exact) mass is 419 g/mol. The first-order valence-corrected chi connectivity index (χ1v) is 9.80. The van der Waals surface area contributed by atoms with Crippen molar-refractivity contribution in [3.63, 3.8) is 0 Å². The standard InChI is InChI=1S/C20H23Cl2N5O/c1-3-23-20(24-11-18(28)13-8-14(21)10-15(22)9-13)25-12-19-26-16-6-4-5-7-17(16)27(19)2/h4-10,18,28H,3,11-12H2,1-2H3,(H2,23,24,25). The summed E-state index contributed by atoms with van der Waals surface area (Å²) in [6.45, 7) is 3.37. The summed E-state index contributed by atoms with van der Waals surface area (Å²) in [5.74, 6) is 1.46. The van der Waals surface area contributed by atoms with E-state index in [2.05, 4.69) is 20.6 Å². The molecule has 0 aliphatic rings. The highest BCUT2D eigenvalue weighted by Crippen LogP contribution is 2.23. The van der Waals surface area contributed by atoms with Gasteiger partial charge in [0.15, 0.2) is 5.96 Å². The van der Waals surface area contributed by atoms with Crippen LogP contribution in [0.4, 0.5) is 0 Å². The molecule has 0 aliphatic heterocycles. The smallest absolute Gasteiger partial charge is 0.191 e. The zero-order valence-electron chi connectivity index (χ0n) is 15.8. The van der Waals surface area contributed by atoms with Crippen molar-refractivity contribution in [3.8, 4) is 0 Å². The van der Waals surface area contributed by atoms with Crippen LogP contribution in [0.3, 0.4) is 0 Å². The van der Waals surface area contributed by atoms with Crippen molar-refractivity contribution >= 4 is 40.2 Å². The van der Waals surface area contributed by atoms with Crippen molar-refractivity contribution in [3.05, 3.63) is 63.9 Å². The van der Waals surface area contributed by atoms with Crippen LogP contribution >= 0.6 is 23.2 Å². The van der Waals surface area contributed by atoms with E-state index < -0.39 is 6.10 Å². The molecule has 3 rings (SSSR count). The van der Waals surface area contributed by atoms with Gasteiger partial charge in [-0.3, -0.25) is 0 Å². The van der Waals surface area contributed by atoms with Crippen LogP contribution in [-0.2, 0) is 13.6 Å². The molecular formula is C20H23Cl2N5O. The maximum Gasteiger partial charge on any atom is 0.191 e. The van der Waals surface area contributed by atoms with Crippen molar-refractivity contribution in [2.24, 2.45) is 12.0 Å². The van der Waals surface area contributed by atoms with E-state index in [-0.39, 0.29) is 6.54 Å². The quantitative estimate of drug-likeness (QED) is 0.420. The molecule has 28 heavy (non-hydrogen) atoms. The molecule has 0 radical (unpaired) electrons. The van der Waals surface area contributed by atoms with Gasteiger partial charge in [0, 0.05) is 30.2 Å². The Morgan fingerprint density at radius 1 is 1.18 bits per heavy atom. The van der Waals surface area contributed by atoms with Crippen LogP contribution in [0.1, 0.15) is 24.4 Å². The predicted molar refractivity (Wildman–Crippen MR) is 115 cm³/mol. The summed E-state index contributed by atoms with van der Waals surface area (Å²) in [5.41, 5.74) is 2.66. The van der Waals surface area contributed by atoms with E-state index in [1.165, 1.54) is 0 Å². The fourth-order valence-corrected chi connectivity index (χ4v) is 3.45. The van der Waals surface area contributed by atoms with Crippen molar-refractivity contribution in [1.82, 2.24) is 20.2 Å². The fraction of sp³-hybridized carbons (Fsp3) is 0.300. The minimum absolute atomic E-state index is 0.269. The molecule has 0 saturated heterocycles. The number of halogens is 2. The minimum Gasteiger partial charge on any atom is -0.387 e. The number of nitrogens with zero attached hydrogens (tertiary/aromatic N) is 3. The molecule has 6 nitrogen and oxygen atoms in total. The van der Waals surface area contributed by atoms with Crippen molar-refractivity contribution < 1.29 is 5.11 Å². The second-order valence-electron chi connectivity index (χ2n) is 6.37. The van der Waals surface area contributed by atoms with Gasteiger partial charge >= 0.3 is 0 Å². The van der Waals surface area contributed by atoms with Gasteiger partial charge in [-0.25, -0.2) is 9.98 Å². The van der Waals surface area contributed by atoms with Crippen LogP contribution < -0.4 is 10.6 Å². The molecule has 0 fully saturated rings. The molecule has 1 aromatic heterocycles. The number of aliphatic hydroxyl groups excluding tert-OH is 1. The number of rotatable bonds is 6. The average Bonchev–Trinajstić information content (AvgIpc) is 2.99. The van der Waals surface area contributed by atoms with E-state index in [0.29, 0.717) is 34.7 Å². The lowest BCUT2D eigenvalue weighted by atomic mass is 10.1. The summed E-state index contributed by atoms with van der Waals surface area (Å²) >= 11 is 12.0. The van der Waals surface area contributed by atoms with Gasteiger partial charge in [0.25, 0.3) is 0 Å². The number of para-hydroxylation sites is 2. The lowest BCUT2D eigenvalue weighted by Gasteiger charge is -2.16. The van der Waals surface area contributed by atoms with Gasteiger partial charge in [0.2, 0.25) is 0 Å². The zero-order chi connectivity index (χ0) is 20.1. The zero-order valence-corrected chi connectivity index (χ0v) is 17.3. The normalized spacial score (nSPS) is 13.0. The molecule has 0 aliphatic carbocycles. The minimum atomic E-state index is -0.768. The molecule has 2 aromatic carbocycles. The summed E-state index contributed by atoms with van der Waals surface area (Å²) in [6, 6.07) is 13.0. The molecule has 0 saturated carbocycles. The van der Waals surface area contributed by atoms with Crippen molar-refractivity contribution in [2.45, 2.75) is 19.6 Å². The van der Waals surface area contributed by atoms with Gasteiger partial charge in [0.05, 0.1) is 17.1 Å².